The van der Waals surface area contributed by atoms with Crippen LogP contribution in [0, 0.1) is 15.9 Å². The molecule has 3 rings (SSSR count). The van der Waals surface area contributed by atoms with Gasteiger partial charge in [-0.15, -0.1) is 0 Å². The lowest BCUT2D eigenvalue weighted by atomic mass is 10.0. The molecular formula is C23H26FN3O5. The van der Waals surface area contributed by atoms with Crippen LogP contribution in [-0.2, 0) is 9.53 Å². The Morgan fingerprint density at radius 1 is 1.31 bits per heavy atom. The normalized spacial score (nSPS) is 15.6. The second-order valence-corrected chi connectivity index (χ2v) is 7.68. The Morgan fingerprint density at radius 2 is 2.03 bits per heavy atom. The van der Waals surface area contributed by atoms with E-state index in [-0.39, 0.29) is 17.5 Å². The molecule has 0 spiro atoms. The Kier molecular flexibility index (Phi) is 7.42. The Hall–Kier alpha value is -3.46. The molecule has 32 heavy (non-hydrogen) atoms. The van der Waals surface area contributed by atoms with Crippen LogP contribution in [0.25, 0.3) is 6.08 Å². The Morgan fingerprint density at radius 3 is 2.69 bits per heavy atom. The Bertz CT molecular complexity index is 1020. The van der Waals surface area contributed by atoms with E-state index in [1.54, 1.807) is 18.2 Å². The number of rotatable bonds is 7. The fraction of sp³-hybridized carbons (Fsp3) is 0.348. The van der Waals surface area contributed by atoms with Crippen molar-refractivity contribution in [1.29, 1.82) is 0 Å². The SMILES string of the molecule is COC(=O)/C=C/c1ccc(NC(C)c2cc(F)ccc2N2CCC(O)CC2)c([N+](=O)[O-])c1. The first kappa shape index (κ1) is 23.2. The van der Waals surface area contributed by atoms with E-state index in [0.29, 0.717) is 37.1 Å². The number of esters is 1. The fourth-order valence-electron chi connectivity index (χ4n) is 3.74. The molecule has 0 radical (unpaired) electrons. The maximum absolute atomic E-state index is 14.1. The number of hydrogen-bond donors (Lipinski definition) is 2. The highest BCUT2D eigenvalue weighted by Crippen LogP contribution is 2.34. The number of methoxy groups -OCH3 is 1. The number of benzene rings is 2. The van der Waals surface area contributed by atoms with Gasteiger partial charge in [0.2, 0.25) is 0 Å². The monoisotopic (exact) mass is 443 g/mol. The number of piperidine rings is 1. The molecule has 1 fully saturated rings. The van der Waals surface area contributed by atoms with Crippen LogP contribution in [0.1, 0.15) is 36.9 Å². The molecule has 170 valence electrons. The first-order valence-electron chi connectivity index (χ1n) is 10.3. The summed E-state index contributed by atoms with van der Waals surface area (Å²) < 4.78 is 18.6. The minimum absolute atomic E-state index is 0.164. The number of carbonyl (C=O) groups is 1. The number of nitro groups is 1. The van der Waals surface area contributed by atoms with E-state index in [9.17, 15) is 24.4 Å². The van der Waals surface area contributed by atoms with E-state index in [1.807, 2.05) is 6.92 Å². The molecule has 1 aliphatic heterocycles. The zero-order valence-electron chi connectivity index (χ0n) is 18.0. The van der Waals surface area contributed by atoms with Crippen LogP contribution in [0.4, 0.5) is 21.5 Å². The average Bonchev–Trinajstić information content (AvgIpc) is 2.78. The minimum Gasteiger partial charge on any atom is -0.466 e. The number of nitrogens with one attached hydrogen (secondary N) is 1. The summed E-state index contributed by atoms with van der Waals surface area (Å²) in [5.74, 6) is -0.959. The second-order valence-electron chi connectivity index (χ2n) is 7.68. The highest BCUT2D eigenvalue weighted by Gasteiger charge is 2.23. The number of carbonyl (C=O) groups excluding carboxylic acids is 1. The first-order chi connectivity index (χ1) is 15.3. The Labute approximate surface area is 185 Å². The van der Waals surface area contributed by atoms with E-state index >= 15 is 0 Å². The van der Waals surface area contributed by atoms with Crippen molar-refractivity contribution in [3.63, 3.8) is 0 Å². The van der Waals surface area contributed by atoms with Gasteiger partial charge in [-0.1, -0.05) is 6.07 Å². The maximum atomic E-state index is 14.1. The molecule has 0 bridgehead atoms. The number of halogens is 1. The smallest absolute Gasteiger partial charge is 0.330 e. The van der Waals surface area contributed by atoms with Crippen molar-refractivity contribution >= 4 is 29.1 Å². The van der Waals surface area contributed by atoms with Gasteiger partial charge >= 0.3 is 5.97 Å². The lowest BCUT2D eigenvalue weighted by Crippen LogP contribution is -2.36. The second kappa shape index (κ2) is 10.2. The van der Waals surface area contributed by atoms with Crippen LogP contribution in [-0.4, -0.2) is 42.3 Å². The van der Waals surface area contributed by atoms with Gasteiger partial charge in [0.15, 0.2) is 0 Å². The number of anilines is 2. The largest absolute Gasteiger partial charge is 0.466 e. The number of aliphatic hydroxyl groups excluding tert-OH is 1. The Balaban J connectivity index is 1.87. The summed E-state index contributed by atoms with van der Waals surface area (Å²) in [6.07, 6.45) is 3.54. The predicted octanol–water partition coefficient (Wildman–Crippen LogP) is 4.05. The highest BCUT2D eigenvalue weighted by molar-refractivity contribution is 5.87. The fourth-order valence-corrected chi connectivity index (χ4v) is 3.74. The van der Waals surface area contributed by atoms with E-state index in [0.717, 1.165) is 5.69 Å². The van der Waals surface area contributed by atoms with Crippen LogP contribution in [0.5, 0.6) is 0 Å². The molecule has 8 nitrogen and oxygen atoms in total. The van der Waals surface area contributed by atoms with Gasteiger partial charge < -0.3 is 20.1 Å². The molecule has 0 aromatic heterocycles. The first-order valence-corrected chi connectivity index (χ1v) is 10.3. The van der Waals surface area contributed by atoms with E-state index in [1.165, 1.54) is 37.5 Å². The molecule has 2 aromatic carbocycles. The van der Waals surface area contributed by atoms with E-state index in [4.69, 9.17) is 0 Å². The summed E-state index contributed by atoms with van der Waals surface area (Å²) in [6, 6.07) is 8.64. The molecule has 1 atom stereocenters. The van der Waals surface area contributed by atoms with Gasteiger partial charge in [0.1, 0.15) is 11.5 Å². The van der Waals surface area contributed by atoms with Crippen LogP contribution in [0.3, 0.4) is 0 Å². The quantitative estimate of drug-likeness (QED) is 0.288. The topological polar surface area (TPSA) is 105 Å². The molecule has 2 aromatic rings. The molecule has 0 amide bonds. The summed E-state index contributed by atoms with van der Waals surface area (Å²) >= 11 is 0. The van der Waals surface area contributed by atoms with Crippen molar-refractivity contribution in [1.82, 2.24) is 0 Å². The zero-order valence-corrected chi connectivity index (χ0v) is 18.0. The van der Waals surface area contributed by atoms with Gasteiger partial charge in [-0.25, -0.2) is 9.18 Å². The highest BCUT2D eigenvalue weighted by atomic mass is 19.1. The van der Waals surface area contributed by atoms with Crippen molar-refractivity contribution in [2.45, 2.75) is 31.9 Å². The van der Waals surface area contributed by atoms with E-state index < -0.39 is 22.8 Å². The standard InChI is InChI=1S/C23H26FN3O5/c1-15(19-14-17(24)5-7-21(19)26-11-9-18(28)10-12-26)25-20-6-3-16(4-8-23(29)32-2)13-22(20)27(30)31/h3-8,13-15,18,25,28H,9-12H2,1-2H3/b8-4+. The van der Waals surface area contributed by atoms with Crippen LogP contribution in [0.2, 0.25) is 0 Å². The predicted molar refractivity (Wildman–Crippen MR) is 120 cm³/mol. The van der Waals surface area contributed by atoms with Gasteiger partial charge in [0.25, 0.3) is 5.69 Å². The average molecular weight is 443 g/mol. The van der Waals surface area contributed by atoms with Gasteiger partial charge in [0.05, 0.1) is 24.2 Å². The van der Waals surface area contributed by atoms with E-state index in [2.05, 4.69) is 15.0 Å². The van der Waals surface area contributed by atoms with Gasteiger partial charge in [-0.05, 0) is 55.7 Å². The summed E-state index contributed by atoms with van der Waals surface area (Å²) in [7, 11) is 1.25. The molecular weight excluding hydrogens is 417 g/mol. The molecule has 1 aliphatic rings. The van der Waals surface area contributed by atoms with Crippen molar-refractivity contribution < 1.29 is 24.0 Å². The van der Waals surface area contributed by atoms with Crippen molar-refractivity contribution in [2.75, 3.05) is 30.4 Å². The summed E-state index contributed by atoms with van der Waals surface area (Å²) in [4.78, 5) is 24.5. The van der Waals surface area contributed by atoms with Gasteiger partial charge in [-0.2, -0.15) is 0 Å². The number of ether oxygens (including phenoxy) is 1. The molecule has 1 saturated heterocycles. The van der Waals surface area contributed by atoms with Crippen molar-refractivity contribution in [3.05, 3.63) is 69.5 Å². The third kappa shape index (κ3) is 5.61. The molecule has 2 N–H and O–H groups in total. The molecule has 1 heterocycles. The van der Waals surface area contributed by atoms with Crippen LogP contribution >= 0.6 is 0 Å². The lowest BCUT2D eigenvalue weighted by Gasteiger charge is -2.34. The number of aliphatic hydroxyl groups is 1. The number of hydrogen-bond acceptors (Lipinski definition) is 7. The van der Waals surface area contributed by atoms with Crippen LogP contribution < -0.4 is 10.2 Å². The molecule has 1 unspecified atom stereocenters. The molecule has 0 saturated carbocycles. The summed E-state index contributed by atoms with van der Waals surface area (Å²) in [5, 5.41) is 24.6. The van der Waals surface area contributed by atoms with Gasteiger partial charge in [-0.3, -0.25) is 10.1 Å². The lowest BCUT2D eigenvalue weighted by molar-refractivity contribution is -0.384. The number of nitro benzene ring substituents is 1. The van der Waals surface area contributed by atoms with Gasteiger partial charge in [0, 0.05) is 36.5 Å². The summed E-state index contributed by atoms with van der Waals surface area (Å²) in [5.41, 5.74) is 2.09. The zero-order chi connectivity index (χ0) is 23.3. The van der Waals surface area contributed by atoms with Crippen LogP contribution in [0.15, 0.2) is 42.5 Å². The van der Waals surface area contributed by atoms with Crippen molar-refractivity contribution in [2.24, 2.45) is 0 Å². The maximum Gasteiger partial charge on any atom is 0.330 e. The number of nitrogens with zero attached hydrogens (tertiary/aromatic N) is 2. The summed E-state index contributed by atoms with van der Waals surface area (Å²) in [6.45, 7) is 3.10. The minimum atomic E-state index is -0.563. The third-order valence-corrected chi connectivity index (χ3v) is 5.46. The van der Waals surface area contributed by atoms with Crippen molar-refractivity contribution in [3.8, 4) is 0 Å². The molecule has 9 heteroatoms. The third-order valence-electron chi connectivity index (χ3n) is 5.46. The molecule has 0 aliphatic carbocycles.